The SMILES string of the molecule is COC(=O)C#Cc1ccc(N)cn1. The Balaban J connectivity index is 2.78. The standard InChI is InChI=1S/C9H8N2O2/c1-13-9(12)5-4-8-3-2-7(10)6-11-8/h2-3,6H,10H2,1H3. The Morgan fingerprint density at radius 1 is 1.62 bits per heavy atom. The zero-order valence-corrected chi connectivity index (χ0v) is 7.07. The Labute approximate surface area is 75.7 Å². The largest absolute Gasteiger partial charge is 0.459 e. The molecule has 0 radical (unpaired) electrons. The van der Waals surface area contributed by atoms with Crippen molar-refractivity contribution in [3.05, 3.63) is 24.0 Å². The second-order valence-electron chi connectivity index (χ2n) is 2.22. The predicted molar refractivity (Wildman–Crippen MR) is 47.5 cm³/mol. The van der Waals surface area contributed by atoms with Crippen molar-refractivity contribution in [3.8, 4) is 11.8 Å². The lowest BCUT2D eigenvalue weighted by Crippen LogP contribution is -1.95. The predicted octanol–water partition coefficient (Wildman–Crippen LogP) is 0.188. The fourth-order valence-electron chi connectivity index (χ4n) is 0.645. The van der Waals surface area contributed by atoms with Crippen molar-refractivity contribution in [2.75, 3.05) is 12.8 Å². The smallest absolute Gasteiger partial charge is 0.384 e. The van der Waals surface area contributed by atoms with Gasteiger partial charge in [-0.1, -0.05) is 0 Å². The van der Waals surface area contributed by atoms with Crippen LogP contribution in [0.5, 0.6) is 0 Å². The monoisotopic (exact) mass is 176 g/mol. The summed E-state index contributed by atoms with van der Waals surface area (Å²) in [5, 5.41) is 0. The molecule has 0 aliphatic rings. The number of anilines is 1. The Morgan fingerprint density at radius 2 is 2.38 bits per heavy atom. The summed E-state index contributed by atoms with van der Waals surface area (Å²) in [7, 11) is 1.27. The highest BCUT2D eigenvalue weighted by molar-refractivity contribution is 5.88. The molecule has 2 N–H and O–H groups in total. The normalized spacial score (nSPS) is 8.38. The minimum absolute atomic E-state index is 0.486. The quantitative estimate of drug-likeness (QED) is 0.452. The van der Waals surface area contributed by atoms with Crippen molar-refractivity contribution in [2.24, 2.45) is 0 Å². The van der Waals surface area contributed by atoms with Crippen molar-refractivity contribution in [1.82, 2.24) is 4.98 Å². The number of esters is 1. The Kier molecular flexibility index (Phi) is 2.87. The molecule has 0 fully saturated rings. The molecule has 1 aromatic heterocycles. The summed E-state index contributed by atoms with van der Waals surface area (Å²) in [6.45, 7) is 0. The van der Waals surface area contributed by atoms with Gasteiger partial charge in [-0.3, -0.25) is 0 Å². The van der Waals surface area contributed by atoms with Gasteiger partial charge in [-0.15, -0.1) is 0 Å². The molecule has 0 spiro atoms. The van der Waals surface area contributed by atoms with Crippen LogP contribution in [-0.2, 0) is 9.53 Å². The molecule has 1 heterocycles. The van der Waals surface area contributed by atoms with Gasteiger partial charge in [-0.2, -0.15) is 0 Å². The summed E-state index contributed by atoms with van der Waals surface area (Å²) in [5.41, 5.74) is 6.45. The molecule has 0 aromatic carbocycles. The van der Waals surface area contributed by atoms with Gasteiger partial charge in [0.25, 0.3) is 0 Å². The van der Waals surface area contributed by atoms with Crippen molar-refractivity contribution < 1.29 is 9.53 Å². The molecular weight excluding hydrogens is 168 g/mol. The van der Waals surface area contributed by atoms with E-state index in [1.807, 2.05) is 0 Å². The maximum atomic E-state index is 10.6. The molecule has 0 aliphatic carbocycles. The van der Waals surface area contributed by atoms with Crippen LogP contribution in [0, 0.1) is 11.8 Å². The summed E-state index contributed by atoms with van der Waals surface area (Å²) in [6, 6.07) is 3.29. The number of methoxy groups -OCH3 is 1. The van der Waals surface area contributed by atoms with Crippen LogP contribution in [0.2, 0.25) is 0 Å². The molecule has 0 saturated heterocycles. The van der Waals surface area contributed by atoms with Crippen LogP contribution in [0.25, 0.3) is 0 Å². The third-order valence-corrected chi connectivity index (χ3v) is 1.26. The number of nitrogens with zero attached hydrogens (tertiary/aromatic N) is 1. The maximum absolute atomic E-state index is 10.6. The van der Waals surface area contributed by atoms with Gasteiger partial charge in [0.05, 0.1) is 19.0 Å². The first-order valence-electron chi connectivity index (χ1n) is 3.54. The Bertz CT molecular complexity index is 359. The second-order valence-corrected chi connectivity index (χ2v) is 2.22. The minimum Gasteiger partial charge on any atom is -0.459 e. The van der Waals surface area contributed by atoms with Gasteiger partial charge in [0.1, 0.15) is 5.69 Å². The molecule has 66 valence electrons. The van der Waals surface area contributed by atoms with E-state index in [2.05, 4.69) is 21.6 Å². The molecule has 4 heteroatoms. The van der Waals surface area contributed by atoms with Gasteiger partial charge in [-0.25, -0.2) is 9.78 Å². The average Bonchev–Trinajstić information content (AvgIpc) is 2.16. The Morgan fingerprint density at radius 3 is 2.92 bits per heavy atom. The van der Waals surface area contributed by atoms with Gasteiger partial charge in [0.15, 0.2) is 0 Å². The van der Waals surface area contributed by atoms with Crippen LogP contribution >= 0.6 is 0 Å². The number of aromatic nitrogens is 1. The van der Waals surface area contributed by atoms with Crippen molar-refractivity contribution in [3.63, 3.8) is 0 Å². The van der Waals surface area contributed by atoms with Crippen LogP contribution in [0.15, 0.2) is 18.3 Å². The third-order valence-electron chi connectivity index (χ3n) is 1.26. The highest BCUT2D eigenvalue weighted by Crippen LogP contribution is 1.98. The number of nitrogens with two attached hydrogens (primary N) is 1. The number of carbonyl (C=O) groups excluding carboxylic acids is 1. The van der Waals surface area contributed by atoms with Crippen LogP contribution < -0.4 is 5.73 Å². The minimum atomic E-state index is -0.585. The van der Waals surface area contributed by atoms with Gasteiger partial charge >= 0.3 is 5.97 Å². The number of nitrogen functional groups attached to an aromatic ring is 1. The van der Waals surface area contributed by atoms with E-state index in [1.54, 1.807) is 12.1 Å². The summed E-state index contributed by atoms with van der Waals surface area (Å²) in [6.07, 6.45) is 1.47. The van der Waals surface area contributed by atoms with Crippen molar-refractivity contribution in [1.29, 1.82) is 0 Å². The average molecular weight is 176 g/mol. The zero-order valence-electron chi connectivity index (χ0n) is 7.07. The summed E-state index contributed by atoms with van der Waals surface area (Å²) in [5.74, 6) is 4.20. The second kappa shape index (κ2) is 4.12. The molecule has 0 unspecified atom stereocenters. The van der Waals surface area contributed by atoms with E-state index < -0.39 is 5.97 Å². The van der Waals surface area contributed by atoms with Gasteiger partial charge in [-0.05, 0) is 18.1 Å². The first-order valence-corrected chi connectivity index (χ1v) is 3.54. The summed E-state index contributed by atoms with van der Waals surface area (Å²) < 4.78 is 4.33. The van der Waals surface area contributed by atoms with E-state index in [-0.39, 0.29) is 0 Å². The van der Waals surface area contributed by atoms with Crippen molar-refractivity contribution >= 4 is 11.7 Å². The molecular formula is C9H8N2O2. The molecule has 0 saturated carbocycles. The molecule has 1 rings (SSSR count). The number of rotatable bonds is 0. The lowest BCUT2D eigenvalue weighted by Gasteiger charge is -1.90. The number of ether oxygens (including phenoxy) is 1. The van der Waals surface area contributed by atoms with Crippen LogP contribution in [0.3, 0.4) is 0 Å². The van der Waals surface area contributed by atoms with Gasteiger partial charge in [0.2, 0.25) is 0 Å². The van der Waals surface area contributed by atoms with E-state index in [1.165, 1.54) is 13.3 Å². The van der Waals surface area contributed by atoms with E-state index >= 15 is 0 Å². The first kappa shape index (κ1) is 9.07. The van der Waals surface area contributed by atoms with E-state index in [4.69, 9.17) is 5.73 Å². The first-order chi connectivity index (χ1) is 6.22. The fraction of sp³-hybridized carbons (Fsp3) is 0.111. The molecule has 0 bridgehead atoms. The maximum Gasteiger partial charge on any atom is 0.384 e. The van der Waals surface area contributed by atoms with E-state index in [9.17, 15) is 4.79 Å². The zero-order chi connectivity index (χ0) is 9.68. The fourth-order valence-corrected chi connectivity index (χ4v) is 0.645. The topological polar surface area (TPSA) is 65.2 Å². The van der Waals surface area contributed by atoms with Crippen molar-refractivity contribution in [2.45, 2.75) is 0 Å². The van der Waals surface area contributed by atoms with Crippen LogP contribution in [0.1, 0.15) is 5.69 Å². The van der Waals surface area contributed by atoms with E-state index in [0.717, 1.165) is 0 Å². The highest BCUT2D eigenvalue weighted by atomic mass is 16.5. The van der Waals surface area contributed by atoms with E-state index in [0.29, 0.717) is 11.4 Å². The lowest BCUT2D eigenvalue weighted by atomic mass is 10.3. The Hall–Kier alpha value is -2.02. The highest BCUT2D eigenvalue weighted by Gasteiger charge is 1.91. The van der Waals surface area contributed by atoms with Crippen LogP contribution in [0.4, 0.5) is 5.69 Å². The number of carbonyl (C=O) groups is 1. The van der Waals surface area contributed by atoms with Crippen LogP contribution in [-0.4, -0.2) is 18.1 Å². The van der Waals surface area contributed by atoms with Gasteiger partial charge < -0.3 is 10.5 Å². The lowest BCUT2D eigenvalue weighted by molar-refractivity contribution is -0.133. The molecule has 4 nitrogen and oxygen atoms in total. The molecule has 1 aromatic rings. The number of hydrogen-bond donors (Lipinski definition) is 1. The summed E-state index contributed by atoms with van der Waals surface area (Å²) in [4.78, 5) is 14.5. The molecule has 0 aliphatic heterocycles. The number of hydrogen-bond acceptors (Lipinski definition) is 4. The molecule has 0 amide bonds. The molecule has 0 atom stereocenters. The third kappa shape index (κ3) is 2.83. The molecule has 13 heavy (non-hydrogen) atoms. The number of pyridine rings is 1. The van der Waals surface area contributed by atoms with Gasteiger partial charge in [0, 0.05) is 5.92 Å². The summed E-state index contributed by atoms with van der Waals surface area (Å²) >= 11 is 0.